The Morgan fingerprint density at radius 3 is 2.88 bits per heavy atom. The standard InChI is InChI=1S/C19H21ClN2O3/c1-12-5-3-6-15(21-12)18(22-10-4-7-16(22)19(23)24)14-11-13(20)8-9-17(14)25-2/h3,5-6,8-9,11,16,18H,4,7,10H2,1-2H3,(H,23,24). The molecule has 0 saturated carbocycles. The zero-order chi connectivity index (χ0) is 18.0. The number of likely N-dealkylation sites (tertiary alicyclic amines) is 1. The van der Waals surface area contributed by atoms with E-state index >= 15 is 0 Å². The molecule has 25 heavy (non-hydrogen) atoms. The van der Waals surface area contributed by atoms with Gasteiger partial charge in [-0.2, -0.15) is 0 Å². The molecule has 0 radical (unpaired) electrons. The van der Waals surface area contributed by atoms with Crippen LogP contribution in [0.25, 0.3) is 0 Å². The van der Waals surface area contributed by atoms with Crippen molar-refractivity contribution < 1.29 is 14.6 Å². The van der Waals surface area contributed by atoms with Gasteiger partial charge in [0.05, 0.1) is 18.8 Å². The van der Waals surface area contributed by atoms with Crippen LogP contribution in [-0.4, -0.2) is 40.7 Å². The summed E-state index contributed by atoms with van der Waals surface area (Å²) in [5.41, 5.74) is 2.52. The first kappa shape index (κ1) is 17.7. The number of ether oxygens (including phenoxy) is 1. The third-order valence-corrected chi connectivity index (χ3v) is 4.82. The molecule has 1 aromatic carbocycles. The monoisotopic (exact) mass is 360 g/mol. The Morgan fingerprint density at radius 2 is 2.20 bits per heavy atom. The van der Waals surface area contributed by atoms with Crippen LogP contribution in [0.1, 0.15) is 35.8 Å². The summed E-state index contributed by atoms with van der Waals surface area (Å²) in [6.07, 6.45) is 1.46. The van der Waals surface area contributed by atoms with Crippen molar-refractivity contribution in [2.45, 2.75) is 31.8 Å². The number of hydrogen-bond donors (Lipinski definition) is 1. The maximum atomic E-state index is 11.7. The summed E-state index contributed by atoms with van der Waals surface area (Å²) in [6, 6.07) is 10.3. The van der Waals surface area contributed by atoms with E-state index in [9.17, 15) is 9.90 Å². The van der Waals surface area contributed by atoms with Gasteiger partial charge in [-0.05, 0) is 50.1 Å². The number of carbonyl (C=O) groups is 1. The molecule has 1 fully saturated rings. The van der Waals surface area contributed by atoms with E-state index in [0.29, 0.717) is 23.7 Å². The van der Waals surface area contributed by atoms with Gasteiger partial charge in [-0.1, -0.05) is 17.7 Å². The largest absolute Gasteiger partial charge is 0.496 e. The number of halogens is 1. The first-order valence-electron chi connectivity index (χ1n) is 8.27. The van der Waals surface area contributed by atoms with Crippen LogP contribution in [0.2, 0.25) is 5.02 Å². The third kappa shape index (κ3) is 3.62. The summed E-state index contributed by atoms with van der Waals surface area (Å²) >= 11 is 6.23. The molecule has 1 saturated heterocycles. The van der Waals surface area contributed by atoms with Crippen molar-refractivity contribution in [2.24, 2.45) is 0 Å². The van der Waals surface area contributed by atoms with Crippen molar-refractivity contribution in [3.8, 4) is 5.75 Å². The van der Waals surface area contributed by atoms with Crippen LogP contribution in [0.5, 0.6) is 5.75 Å². The summed E-state index contributed by atoms with van der Waals surface area (Å²) < 4.78 is 5.53. The van der Waals surface area contributed by atoms with E-state index < -0.39 is 12.0 Å². The van der Waals surface area contributed by atoms with E-state index in [1.807, 2.05) is 42.2 Å². The van der Waals surface area contributed by atoms with E-state index in [1.165, 1.54) is 0 Å². The van der Waals surface area contributed by atoms with Gasteiger partial charge in [0.2, 0.25) is 0 Å². The molecule has 6 heteroatoms. The molecule has 5 nitrogen and oxygen atoms in total. The fourth-order valence-corrected chi connectivity index (χ4v) is 3.69. The van der Waals surface area contributed by atoms with Crippen LogP contribution in [0.15, 0.2) is 36.4 Å². The normalized spacial score (nSPS) is 18.9. The zero-order valence-electron chi connectivity index (χ0n) is 14.3. The summed E-state index contributed by atoms with van der Waals surface area (Å²) in [5, 5.41) is 10.2. The van der Waals surface area contributed by atoms with Crippen LogP contribution in [-0.2, 0) is 4.79 Å². The maximum Gasteiger partial charge on any atom is 0.320 e. The summed E-state index contributed by atoms with van der Waals surface area (Å²) in [7, 11) is 1.60. The first-order valence-corrected chi connectivity index (χ1v) is 8.64. The molecule has 1 N–H and O–H groups in total. The third-order valence-electron chi connectivity index (χ3n) is 4.59. The highest BCUT2D eigenvalue weighted by molar-refractivity contribution is 6.30. The van der Waals surface area contributed by atoms with Crippen LogP contribution in [0, 0.1) is 6.92 Å². The van der Waals surface area contributed by atoms with Crippen LogP contribution in [0.4, 0.5) is 0 Å². The van der Waals surface area contributed by atoms with Crippen molar-refractivity contribution >= 4 is 17.6 Å². The molecule has 0 aliphatic carbocycles. The molecule has 1 aromatic heterocycles. The van der Waals surface area contributed by atoms with Crippen LogP contribution < -0.4 is 4.74 Å². The average Bonchev–Trinajstić information content (AvgIpc) is 3.05. The molecule has 0 spiro atoms. The highest BCUT2D eigenvalue weighted by atomic mass is 35.5. The zero-order valence-corrected chi connectivity index (χ0v) is 15.0. The number of carboxylic acids is 1. The number of aromatic nitrogens is 1. The number of pyridine rings is 1. The molecule has 2 atom stereocenters. The molecular weight excluding hydrogens is 340 g/mol. The molecular formula is C19H21ClN2O3. The molecule has 0 bridgehead atoms. The van der Waals surface area contributed by atoms with Crippen molar-refractivity contribution in [1.29, 1.82) is 0 Å². The van der Waals surface area contributed by atoms with Crippen molar-refractivity contribution in [3.05, 3.63) is 58.4 Å². The fraction of sp³-hybridized carbons (Fsp3) is 0.368. The molecule has 1 aliphatic rings. The van der Waals surface area contributed by atoms with Gasteiger partial charge in [-0.25, -0.2) is 0 Å². The topological polar surface area (TPSA) is 62.7 Å². The molecule has 0 amide bonds. The average molecular weight is 361 g/mol. The van der Waals surface area contributed by atoms with Crippen LogP contribution >= 0.6 is 11.6 Å². The van der Waals surface area contributed by atoms with Gasteiger partial charge in [-0.15, -0.1) is 0 Å². The molecule has 2 aromatic rings. The molecule has 2 unspecified atom stereocenters. The van der Waals surface area contributed by atoms with E-state index in [1.54, 1.807) is 13.2 Å². The number of carboxylic acid groups (broad SMARTS) is 1. The summed E-state index contributed by atoms with van der Waals surface area (Å²) in [5.74, 6) is -0.134. The highest BCUT2D eigenvalue weighted by Gasteiger charge is 2.38. The lowest BCUT2D eigenvalue weighted by atomic mass is 9.99. The Morgan fingerprint density at radius 1 is 1.40 bits per heavy atom. The van der Waals surface area contributed by atoms with Gasteiger partial charge in [0, 0.05) is 22.8 Å². The lowest BCUT2D eigenvalue weighted by molar-refractivity contribution is -0.142. The Bertz CT molecular complexity index is 781. The Kier molecular flexibility index (Phi) is 5.25. The van der Waals surface area contributed by atoms with Gasteiger partial charge in [0.25, 0.3) is 0 Å². The second-order valence-electron chi connectivity index (χ2n) is 6.23. The number of aryl methyl sites for hydroxylation is 1. The van der Waals surface area contributed by atoms with E-state index in [2.05, 4.69) is 4.98 Å². The van der Waals surface area contributed by atoms with Gasteiger partial charge in [-0.3, -0.25) is 14.7 Å². The van der Waals surface area contributed by atoms with Crippen molar-refractivity contribution in [1.82, 2.24) is 9.88 Å². The minimum absolute atomic E-state index is 0.322. The SMILES string of the molecule is COc1ccc(Cl)cc1C(c1cccc(C)n1)N1CCCC1C(=O)O. The van der Waals surface area contributed by atoms with Gasteiger partial charge in [0.15, 0.2) is 0 Å². The number of nitrogens with zero attached hydrogens (tertiary/aromatic N) is 2. The minimum atomic E-state index is -0.809. The van der Waals surface area contributed by atoms with Crippen molar-refractivity contribution in [2.75, 3.05) is 13.7 Å². The fourth-order valence-electron chi connectivity index (χ4n) is 3.51. The number of aliphatic carboxylic acids is 1. The summed E-state index contributed by atoms with van der Waals surface area (Å²) in [6.45, 7) is 2.61. The maximum absolute atomic E-state index is 11.7. The van der Waals surface area contributed by atoms with Gasteiger partial charge < -0.3 is 9.84 Å². The predicted octanol–water partition coefficient (Wildman–Crippen LogP) is 3.69. The van der Waals surface area contributed by atoms with Gasteiger partial charge in [0.1, 0.15) is 11.8 Å². The first-order chi connectivity index (χ1) is 12.0. The molecule has 132 valence electrons. The number of benzene rings is 1. The minimum Gasteiger partial charge on any atom is -0.496 e. The predicted molar refractivity (Wildman–Crippen MR) is 96.2 cm³/mol. The smallest absolute Gasteiger partial charge is 0.320 e. The second kappa shape index (κ2) is 7.42. The van der Waals surface area contributed by atoms with E-state index in [0.717, 1.165) is 23.4 Å². The van der Waals surface area contributed by atoms with Crippen LogP contribution in [0.3, 0.4) is 0 Å². The van der Waals surface area contributed by atoms with E-state index in [4.69, 9.17) is 16.3 Å². The molecule has 2 heterocycles. The summed E-state index contributed by atoms with van der Waals surface area (Å²) in [4.78, 5) is 18.4. The van der Waals surface area contributed by atoms with Crippen molar-refractivity contribution in [3.63, 3.8) is 0 Å². The number of hydrogen-bond acceptors (Lipinski definition) is 4. The number of methoxy groups -OCH3 is 1. The molecule has 1 aliphatic heterocycles. The lowest BCUT2D eigenvalue weighted by Gasteiger charge is -2.32. The quantitative estimate of drug-likeness (QED) is 0.881. The molecule has 3 rings (SSSR count). The van der Waals surface area contributed by atoms with Gasteiger partial charge >= 0.3 is 5.97 Å². The van der Waals surface area contributed by atoms with E-state index in [-0.39, 0.29) is 6.04 Å². The number of rotatable bonds is 5. The Labute approximate surface area is 152 Å². The Balaban J connectivity index is 2.16. The second-order valence-corrected chi connectivity index (χ2v) is 6.66. The lowest BCUT2D eigenvalue weighted by Crippen LogP contribution is -2.39. The Hall–Kier alpha value is -2.11. The highest BCUT2D eigenvalue weighted by Crippen LogP contribution is 2.39.